The molecule has 144 valence electrons. The van der Waals surface area contributed by atoms with Gasteiger partial charge in [-0.05, 0) is 31.0 Å². The second-order valence-corrected chi connectivity index (χ2v) is 8.29. The van der Waals surface area contributed by atoms with E-state index in [9.17, 15) is 9.59 Å². The number of nitrogens with one attached hydrogen (secondary N) is 1. The van der Waals surface area contributed by atoms with Gasteiger partial charge in [0.1, 0.15) is 0 Å². The predicted octanol–water partition coefficient (Wildman–Crippen LogP) is 4.45. The van der Waals surface area contributed by atoms with Gasteiger partial charge in [0, 0.05) is 49.1 Å². The lowest BCUT2D eigenvalue weighted by Gasteiger charge is -2.32. The van der Waals surface area contributed by atoms with E-state index in [1.165, 1.54) is 11.3 Å². The largest absolute Gasteiger partial charge is 0.331 e. The molecule has 0 spiro atoms. The standard InChI is InChI=1S/C18H20Cl2N4O2S/c1-23(2)18(26)24-7-5-11(6-8-24)16(25)22-17-21-15(10-27-17)13-9-12(19)3-4-14(13)20/h3-4,9-11H,5-8H2,1-2H3,(H,21,22,25). The molecule has 0 aliphatic carbocycles. The highest BCUT2D eigenvalue weighted by Gasteiger charge is 2.28. The minimum absolute atomic E-state index is 0.0168. The van der Waals surface area contributed by atoms with Crippen molar-refractivity contribution in [1.29, 1.82) is 0 Å². The first-order valence-corrected chi connectivity index (χ1v) is 10.2. The molecule has 1 aliphatic heterocycles. The number of amides is 3. The van der Waals surface area contributed by atoms with Crippen LogP contribution in [-0.2, 0) is 4.79 Å². The lowest BCUT2D eigenvalue weighted by Crippen LogP contribution is -2.45. The summed E-state index contributed by atoms with van der Waals surface area (Å²) in [5.41, 5.74) is 1.41. The monoisotopic (exact) mass is 426 g/mol. The number of piperidine rings is 1. The molecule has 1 saturated heterocycles. The number of carbonyl (C=O) groups is 2. The van der Waals surface area contributed by atoms with Crippen LogP contribution in [-0.4, -0.2) is 53.9 Å². The van der Waals surface area contributed by atoms with Crippen LogP contribution in [0.5, 0.6) is 0 Å². The molecule has 0 unspecified atom stereocenters. The summed E-state index contributed by atoms with van der Waals surface area (Å²) in [7, 11) is 3.46. The minimum Gasteiger partial charge on any atom is -0.331 e. The lowest BCUT2D eigenvalue weighted by atomic mass is 9.96. The second-order valence-electron chi connectivity index (χ2n) is 6.59. The zero-order chi connectivity index (χ0) is 19.6. The van der Waals surface area contributed by atoms with Gasteiger partial charge in [-0.25, -0.2) is 9.78 Å². The highest BCUT2D eigenvalue weighted by molar-refractivity contribution is 7.14. The Labute approximate surface area is 172 Å². The number of urea groups is 1. The molecule has 2 aromatic rings. The van der Waals surface area contributed by atoms with Crippen molar-refractivity contribution in [3.63, 3.8) is 0 Å². The number of carbonyl (C=O) groups excluding carboxylic acids is 2. The van der Waals surface area contributed by atoms with E-state index in [4.69, 9.17) is 23.2 Å². The van der Waals surface area contributed by atoms with Crippen LogP contribution in [0.2, 0.25) is 10.0 Å². The van der Waals surface area contributed by atoms with Crippen LogP contribution < -0.4 is 5.32 Å². The van der Waals surface area contributed by atoms with E-state index >= 15 is 0 Å². The molecule has 27 heavy (non-hydrogen) atoms. The Morgan fingerprint density at radius 1 is 1.26 bits per heavy atom. The number of likely N-dealkylation sites (tertiary alicyclic amines) is 1. The van der Waals surface area contributed by atoms with Crippen LogP contribution in [0.1, 0.15) is 12.8 Å². The third kappa shape index (κ3) is 4.72. The van der Waals surface area contributed by atoms with Crippen LogP contribution in [0, 0.1) is 5.92 Å². The first-order valence-electron chi connectivity index (χ1n) is 8.53. The summed E-state index contributed by atoms with van der Waals surface area (Å²) < 4.78 is 0. The van der Waals surface area contributed by atoms with Gasteiger partial charge in [-0.2, -0.15) is 0 Å². The first kappa shape index (κ1) is 19.9. The Balaban J connectivity index is 1.60. The smallest absolute Gasteiger partial charge is 0.319 e. The number of hydrogen-bond acceptors (Lipinski definition) is 4. The van der Waals surface area contributed by atoms with Crippen molar-refractivity contribution < 1.29 is 9.59 Å². The van der Waals surface area contributed by atoms with Gasteiger partial charge in [-0.15, -0.1) is 11.3 Å². The maximum atomic E-state index is 12.5. The van der Waals surface area contributed by atoms with Crippen molar-refractivity contribution in [2.75, 3.05) is 32.5 Å². The van der Waals surface area contributed by atoms with E-state index in [0.29, 0.717) is 46.8 Å². The molecule has 1 aromatic heterocycles. The average molecular weight is 427 g/mol. The molecule has 6 nitrogen and oxygen atoms in total. The zero-order valence-electron chi connectivity index (χ0n) is 15.0. The summed E-state index contributed by atoms with van der Waals surface area (Å²) in [6.07, 6.45) is 1.29. The Hall–Kier alpha value is -1.83. The van der Waals surface area contributed by atoms with Gasteiger partial charge in [-0.3, -0.25) is 4.79 Å². The molecule has 1 N–H and O–H groups in total. The third-order valence-electron chi connectivity index (χ3n) is 4.46. The quantitative estimate of drug-likeness (QED) is 0.787. The molecular formula is C18H20Cl2N4O2S. The highest BCUT2D eigenvalue weighted by Crippen LogP contribution is 2.33. The molecular weight excluding hydrogens is 407 g/mol. The Bertz CT molecular complexity index is 848. The molecule has 0 saturated carbocycles. The fourth-order valence-electron chi connectivity index (χ4n) is 2.97. The molecule has 3 rings (SSSR count). The van der Waals surface area contributed by atoms with E-state index in [0.717, 1.165) is 5.56 Å². The SMILES string of the molecule is CN(C)C(=O)N1CCC(C(=O)Nc2nc(-c3cc(Cl)ccc3Cl)cs2)CC1. The first-order chi connectivity index (χ1) is 12.8. The van der Waals surface area contributed by atoms with Crippen molar-refractivity contribution in [3.8, 4) is 11.3 Å². The molecule has 1 aliphatic rings. The van der Waals surface area contributed by atoms with Crippen LogP contribution >= 0.6 is 34.5 Å². The van der Waals surface area contributed by atoms with E-state index in [1.807, 2.05) is 5.38 Å². The number of benzene rings is 1. The molecule has 3 amide bonds. The number of rotatable bonds is 3. The Morgan fingerprint density at radius 3 is 2.63 bits per heavy atom. The average Bonchev–Trinajstić information content (AvgIpc) is 3.11. The zero-order valence-corrected chi connectivity index (χ0v) is 17.4. The van der Waals surface area contributed by atoms with E-state index in [-0.39, 0.29) is 17.9 Å². The maximum absolute atomic E-state index is 12.5. The van der Waals surface area contributed by atoms with Crippen molar-refractivity contribution >= 4 is 51.6 Å². The summed E-state index contributed by atoms with van der Waals surface area (Å²) in [4.78, 5) is 32.3. The summed E-state index contributed by atoms with van der Waals surface area (Å²) >= 11 is 13.6. The van der Waals surface area contributed by atoms with Crippen molar-refractivity contribution in [1.82, 2.24) is 14.8 Å². The molecule has 2 heterocycles. The molecule has 0 atom stereocenters. The Morgan fingerprint density at radius 2 is 1.96 bits per heavy atom. The maximum Gasteiger partial charge on any atom is 0.319 e. The van der Waals surface area contributed by atoms with Crippen molar-refractivity contribution in [3.05, 3.63) is 33.6 Å². The van der Waals surface area contributed by atoms with E-state index in [1.54, 1.807) is 42.1 Å². The van der Waals surface area contributed by atoms with Gasteiger partial charge in [0.2, 0.25) is 5.91 Å². The number of halogens is 2. The van der Waals surface area contributed by atoms with Gasteiger partial charge < -0.3 is 15.1 Å². The fraction of sp³-hybridized carbons (Fsp3) is 0.389. The second kappa shape index (κ2) is 8.46. The molecule has 9 heteroatoms. The van der Waals surface area contributed by atoms with Crippen LogP contribution in [0.4, 0.5) is 9.93 Å². The van der Waals surface area contributed by atoms with Gasteiger partial charge in [0.15, 0.2) is 5.13 Å². The lowest BCUT2D eigenvalue weighted by molar-refractivity contribution is -0.121. The number of anilines is 1. The van der Waals surface area contributed by atoms with Gasteiger partial charge in [-0.1, -0.05) is 23.2 Å². The van der Waals surface area contributed by atoms with Gasteiger partial charge in [0.25, 0.3) is 0 Å². The van der Waals surface area contributed by atoms with Crippen molar-refractivity contribution in [2.24, 2.45) is 5.92 Å². The minimum atomic E-state index is -0.127. The highest BCUT2D eigenvalue weighted by atomic mass is 35.5. The topological polar surface area (TPSA) is 65.5 Å². The molecule has 0 radical (unpaired) electrons. The van der Waals surface area contributed by atoms with Crippen molar-refractivity contribution in [2.45, 2.75) is 12.8 Å². The normalized spacial score (nSPS) is 14.9. The summed E-state index contributed by atoms with van der Waals surface area (Å²) in [5, 5.41) is 6.38. The third-order valence-corrected chi connectivity index (χ3v) is 5.78. The van der Waals surface area contributed by atoms with Crippen LogP contribution in [0.15, 0.2) is 23.6 Å². The number of thiazole rings is 1. The molecule has 1 fully saturated rings. The fourth-order valence-corrected chi connectivity index (χ4v) is 4.07. The summed E-state index contributed by atoms with van der Waals surface area (Å²) in [6, 6.07) is 5.18. The summed E-state index contributed by atoms with van der Waals surface area (Å²) in [5.74, 6) is -0.191. The number of aromatic nitrogens is 1. The van der Waals surface area contributed by atoms with Gasteiger partial charge in [0.05, 0.1) is 10.7 Å². The van der Waals surface area contributed by atoms with Gasteiger partial charge >= 0.3 is 6.03 Å². The summed E-state index contributed by atoms with van der Waals surface area (Å²) in [6.45, 7) is 1.16. The number of nitrogens with zero attached hydrogens (tertiary/aromatic N) is 3. The predicted molar refractivity (Wildman–Crippen MR) is 110 cm³/mol. The number of hydrogen-bond donors (Lipinski definition) is 1. The Kier molecular flexibility index (Phi) is 6.24. The molecule has 1 aromatic carbocycles. The molecule has 0 bridgehead atoms. The van der Waals surface area contributed by atoms with E-state index < -0.39 is 0 Å². The van der Waals surface area contributed by atoms with E-state index in [2.05, 4.69) is 10.3 Å². The van der Waals surface area contributed by atoms with Crippen LogP contribution in [0.3, 0.4) is 0 Å². The van der Waals surface area contributed by atoms with Crippen LogP contribution in [0.25, 0.3) is 11.3 Å².